The summed E-state index contributed by atoms with van der Waals surface area (Å²) in [5.74, 6) is 2.50. The maximum Gasteiger partial charge on any atom is 0.231 e. The molecule has 0 spiro atoms. The van der Waals surface area contributed by atoms with Crippen LogP contribution in [0.25, 0.3) is 0 Å². The number of guanidine groups is 1. The molecule has 0 amide bonds. The zero-order valence-corrected chi connectivity index (χ0v) is 17.0. The number of fused-ring (bicyclic) bond motifs is 1. The Hall–Kier alpha value is -2.67. The fourth-order valence-corrected chi connectivity index (χ4v) is 3.92. The lowest BCUT2D eigenvalue weighted by atomic mass is 9.74. The lowest BCUT2D eigenvalue weighted by Crippen LogP contribution is -2.42. The summed E-state index contributed by atoms with van der Waals surface area (Å²) in [6, 6.07) is 10.4. The summed E-state index contributed by atoms with van der Waals surface area (Å²) in [7, 11) is 0. The van der Waals surface area contributed by atoms with E-state index < -0.39 is 0 Å². The fourth-order valence-electron chi connectivity index (χ4n) is 3.92. The largest absolute Gasteiger partial charge is 0.454 e. The summed E-state index contributed by atoms with van der Waals surface area (Å²) in [5, 5.41) is 6.82. The second-order valence-electron chi connectivity index (χ2n) is 7.50. The quantitative estimate of drug-likeness (QED) is 0.554. The summed E-state index contributed by atoms with van der Waals surface area (Å²) in [6.07, 6.45) is 6.03. The first-order chi connectivity index (χ1) is 14.3. The lowest BCUT2D eigenvalue weighted by Gasteiger charge is -2.36. The number of rotatable bonds is 7. The fraction of sp³-hybridized carbons (Fsp3) is 0.500. The van der Waals surface area contributed by atoms with E-state index in [0.29, 0.717) is 13.3 Å². The molecule has 0 aliphatic carbocycles. The average Bonchev–Trinajstić information content (AvgIpc) is 3.44. The molecular formula is C22H30N4O3. The molecule has 2 aliphatic rings. The molecule has 1 saturated heterocycles. The highest BCUT2D eigenvalue weighted by atomic mass is 16.7. The second kappa shape index (κ2) is 9.22. The Balaban J connectivity index is 1.48. The van der Waals surface area contributed by atoms with E-state index in [4.69, 9.17) is 19.2 Å². The van der Waals surface area contributed by atoms with Crippen molar-refractivity contribution in [3.8, 4) is 11.5 Å². The molecule has 3 heterocycles. The third-order valence-electron chi connectivity index (χ3n) is 5.65. The van der Waals surface area contributed by atoms with E-state index in [-0.39, 0.29) is 5.41 Å². The van der Waals surface area contributed by atoms with Crippen molar-refractivity contribution >= 4 is 5.96 Å². The number of aromatic nitrogens is 1. The highest BCUT2D eigenvalue weighted by Crippen LogP contribution is 2.41. The number of nitrogens with zero attached hydrogens (tertiary/aromatic N) is 2. The number of aliphatic imine (C=N–C) groups is 1. The number of benzene rings is 1. The Bertz CT molecular complexity index is 813. The number of hydrogen-bond acceptors (Lipinski definition) is 4. The summed E-state index contributed by atoms with van der Waals surface area (Å²) < 4.78 is 18.9. The van der Waals surface area contributed by atoms with Gasteiger partial charge in [0.15, 0.2) is 17.5 Å². The number of hydrogen-bond donors (Lipinski definition) is 2. The summed E-state index contributed by atoms with van der Waals surface area (Å²) in [6.45, 7) is 7.14. The van der Waals surface area contributed by atoms with E-state index in [1.165, 1.54) is 5.56 Å². The molecule has 0 atom stereocenters. The molecule has 0 saturated carbocycles. The molecule has 4 rings (SSSR count). The van der Waals surface area contributed by atoms with Crippen molar-refractivity contribution < 1.29 is 14.2 Å². The Kier molecular flexibility index (Phi) is 6.24. The topological polar surface area (TPSA) is 69.0 Å². The van der Waals surface area contributed by atoms with Crippen LogP contribution in [0.2, 0.25) is 0 Å². The number of ether oxygens (including phenoxy) is 3. The van der Waals surface area contributed by atoms with Crippen molar-refractivity contribution in [2.75, 3.05) is 39.6 Å². The second-order valence-corrected chi connectivity index (χ2v) is 7.50. The van der Waals surface area contributed by atoms with Gasteiger partial charge in [0.2, 0.25) is 6.79 Å². The van der Waals surface area contributed by atoms with E-state index in [1.807, 2.05) is 18.2 Å². The first-order valence-electron chi connectivity index (χ1n) is 10.4. The smallest absolute Gasteiger partial charge is 0.231 e. The van der Waals surface area contributed by atoms with Gasteiger partial charge in [0.25, 0.3) is 0 Å². The zero-order valence-electron chi connectivity index (χ0n) is 17.0. The highest BCUT2D eigenvalue weighted by molar-refractivity contribution is 5.79. The van der Waals surface area contributed by atoms with Crippen LogP contribution in [0.4, 0.5) is 0 Å². The Labute approximate surface area is 172 Å². The molecule has 2 aromatic rings. The van der Waals surface area contributed by atoms with Crippen molar-refractivity contribution in [1.82, 2.24) is 15.2 Å². The van der Waals surface area contributed by atoms with Crippen LogP contribution >= 0.6 is 0 Å². The van der Waals surface area contributed by atoms with Crippen molar-refractivity contribution in [3.63, 3.8) is 0 Å². The van der Waals surface area contributed by atoms with E-state index in [2.05, 4.69) is 46.7 Å². The molecule has 0 unspecified atom stereocenters. The molecule has 0 radical (unpaired) electrons. The molecule has 1 aromatic heterocycles. The van der Waals surface area contributed by atoms with Gasteiger partial charge in [-0.05, 0) is 49.6 Å². The minimum Gasteiger partial charge on any atom is -0.454 e. The maximum absolute atomic E-state index is 5.66. The van der Waals surface area contributed by atoms with Gasteiger partial charge in [0, 0.05) is 50.7 Å². The van der Waals surface area contributed by atoms with Gasteiger partial charge in [-0.2, -0.15) is 0 Å². The Morgan fingerprint density at radius 3 is 2.69 bits per heavy atom. The van der Waals surface area contributed by atoms with Crippen LogP contribution < -0.4 is 20.1 Å². The minimum atomic E-state index is -0.0536. The first kappa shape index (κ1) is 19.6. The van der Waals surface area contributed by atoms with Crippen LogP contribution in [0.5, 0.6) is 11.5 Å². The monoisotopic (exact) mass is 398 g/mol. The molecule has 7 heteroatoms. The van der Waals surface area contributed by atoms with Gasteiger partial charge in [0.1, 0.15) is 0 Å². The summed E-state index contributed by atoms with van der Waals surface area (Å²) >= 11 is 0. The van der Waals surface area contributed by atoms with E-state index in [0.717, 1.165) is 63.1 Å². The third-order valence-corrected chi connectivity index (χ3v) is 5.65. The van der Waals surface area contributed by atoms with Crippen LogP contribution in [-0.4, -0.2) is 50.2 Å². The predicted molar refractivity (Wildman–Crippen MR) is 113 cm³/mol. The summed E-state index contributed by atoms with van der Waals surface area (Å²) in [4.78, 5) is 4.96. The standard InChI is InChI=1S/C22H30N4O3/c1-2-23-21(24-9-12-26-10-3-4-11-26)25-16-22(7-13-27-14-8-22)18-5-6-19-20(15-18)29-17-28-19/h3-6,10-11,15H,2,7-9,12-14,16-17H2,1H3,(H2,23,24,25). The predicted octanol–water partition coefficient (Wildman–Crippen LogP) is 2.52. The normalized spacial score (nSPS) is 17.9. The van der Waals surface area contributed by atoms with Crippen LogP contribution in [0.1, 0.15) is 25.3 Å². The van der Waals surface area contributed by atoms with Crippen molar-refractivity contribution in [2.24, 2.45) is 4.99 Å². The maximum atomic E-state index is 5.66. The molecule has 7 nitrogen and oxygen atoms in total. The van der Waals surface area contributed by atoms with Gasteiger partial charge in [-0.3, -0.25) is 4.99 Å². The molecule has 2 aliphatic heterocycles. The summed E-state index contributed by atoms with van der Waals surface area (Å²) in [5.41, 5.74) is 1.19. The molecular weight excluding hydrogens is 368 g/mol. The lowest BCUT2D eigenvalue weighted by molar-refractivity contribution is 0.0530. The average molecular weight is 399 g/mol. The van der Waals surface area contributed by atoms with Gasteiger partial charge >= 0.3 is 0 Å². The SMILES string of the molecule is CCNC(=NCC1(c2ccc3c(c2)OCO3)CCOCC1)NCCn1cccc1. The molecule has 2 N–H and O–H groups in total. The molecule has 156 valence electrons. The van der Waals surface area contributed by atoms with E-state index in [9.17, 15) is 0 Å². The van der Waals surface area contributed by atoms with Crippen LogP contribution in [0, 0.1) is 0 Å². The molecule has 1 aromatic carbocycles. The molecule has 29 heavy (non-hydrogen) atoms. The Morgan fingerprint density at radius 2 is 1.90 bits per heavy atom. The van der Waals surface area contributed by atoms with Gasteiger partial charge in [-0.25, -0.2) is 0 Å². The highest BCUT2D eigenvalue weighted by Gasteiger charge is 2.35. The van der Waals surface area contributed by atoms with E-state index >= 15 is 0 Å². The van der Waals surface area contributed by atoms with Gasteiger partial charge < -0.3 is 29.4 Å². The van der Waals surface area contributed by atoms with Gasteiger partial charge in [-0.1, -0.05) is 6.07 Å². The van der Waals surface area contributed by atoms with Crippen LogP contribution in [0.15, 0.2) is 47.7 Å². The molecule has 1 fully saturated rings. The Morgan fingerprint density at radius 1 is 1.10 bits per heavy atom. The van der Waals surface area contributed by atoms with Gasteiger partial charge in [0.05, 0.1) is 6.54 Å². The van der Waals surface area contributed by atoms with Crippen molar-refractivity contribution in [3.05, 3.63) is 48.3 Å². The minimum absolute atomic E-state index is 0.0536. The van der Waals surface area contributed by atoms with Gasteiger partial charge in [-0.15, -0.1) is 0 Å². The van der Waals surface area contributed by atoms with Crippen LogP contribution in [-0.2, 0) is 16.7 Å². The van der Waals surface area contributed by atoms with E-state index in [1.54, 1.807) is 0 Å². The molecule has 0 bridgehead atoms. The third kappa shape index (κ3) is 4.67. The number of nitrogens with one attached hydrogen (secondary N) is 2. The van der Waals surface area contributed by atoms with Crippen molar-refractivity contribution in [1.29, 1.82) is 0 Å². The van der Waals surface area contributed by atoms with Crippen molar-refractivity contribution in [2.45, 2.75) is 31.7 Å². The first-order valence-corrected chi connectivity index (χ1v) is 10.4. The van der Waals surface area contributed by atoms with Crippen LogP contribution in [0.3, 0.4) is 0 Å². The zero-order chi connectivity index (χ0) is 19.9.